The van der Waals surface area contributed by atoms with Crippen LogP contribution in [0.25, 0.3) is 5.69 Å². The Morgan fingerprint density at radius 3 is 2.85 bits per heavy atom. The fourth-order valence-electron chi connectivity index (χ4n) is 2.06. The molecule has 0 aliphatic carbocycles. The average Bonchev–Trinajstić information content (AvgIpc) is 3.17. The van der Waals surface area contributed by atoms with Crippen molar-refractivity contribution in [3.8, 4) is 5.69 Å². The van der Waals surface area contributed by atoms with Gasteiger partial charge in [0.15, 0.2) is 0 Å². The van der Waals surface area contributed by atoms with E-state index in [1.807, 2.05) is 29.1 Å². The van der Waals surface area contributed by atoms with Crippen molar-refractivity contribution in [3.05, 3.63) is 70.7 Å². The summed E-state index contributed by atoms with van der Waals surface area (Å²) in [6.45, 7) is 3.06. The Morgan fingerprint density at radius 2 is 2.10 bits per heavy atom. The van der Waals surface area contributed by atoms with Crippen LogP contribution in [0.1, 0.15) is 24.1 Å². The molecule has 2 heterocycles. The van der Waals surface area contributed by atoms with Gasteiger partial charge in [0.2, 0.25) is 0 Å². The normalized spacial score (nSPS) is 12.4. The van der Waals surface area contributed by atoms with Crippen LogP contribution in [0.5, 0.6) is 0 Å². The second kappa shape index (κ2) is 6.03. The highest BCUT2D eigenvalue weighted by Gasteiger charge is 2.08. The third kappa shape index (κ3) is 2.98. The minimum absolute atomic E-state index is 0.285. The lowest BCUT2D eigenvalue weighted by atomic mass is 10.2. The van der Waals surface area contributed by atoms with Crippen LogP contribution in [0.2, 0.25) is 0 Å². The van der Waals surface area contributed by atoms with Gasteiger partial charge in [-0.3, -0.25) is 0 Å². The molecule has 1 N–H and O–H groups in total. The molecule has 1 unspecified atom stereocenters. The first kappa shape index (κ1) is 13.1. The zero-order valence-electron chi connectivity index (χ0n) is 11.4. The van der Waals surface area contributed by atoms with E-state index in [4.69, 9.17) is 0 Å². The van der Waals surface area contributed by atoms with Crippen LogP contribution in [-0.4, -0.2) is 9.78 Å². The minimum atomic E-state index is 0.285. The fourth-order valence-corrected chi connectivity index (χ4v) is 2.73. The zero-order valence-corrected chi connectivity index (χ0v) is 12.2. The Balaban J connectivity index is 1.67. The molecular formula is C16H17N3S. The monoisotopic (exact) mass is 283 g/mol. The van der Waals surface area contributed by atoms with Gasteiger partial charge >= 0.3 is 0 Å². The highest BCUT2D eigenvalue weighted by atomic mass is 32.1. The zero-order chi connectivity index (χ0) is 13.8. The number of nitrogens with one attached hydrogen (secondary N) is 1. The Bertz CT molecular complexity index is 643. The number of hydrogen-bond donors (Lipinski definition) is 1. The van der Waals surface area contributed by atoms with Crippen molar-refractivity contribution < 1.29 is 0 Å². The molecule has 0 bridgehead atoms. The fraction of sp³-hybridized carbons (Fsp3) is 0.188. The first-order valence-electron chi connectivity index (χ1n) is 6.67. The lowest BCUT2D eigenvalue weighted by Gasteiger charge is -2.10. The van der Waals surface area contributed by atoms with Crippen molar-refractivity contribution >= 4 is 11.3 Å². The molecule has 3 rings (SSSR count). The van der Waals surface area contributed by atoms with Gasteiger partial charge < -0.3 is 5.32 Å². The number of aromatic nitrogens is 2. The molecule has 2 aromatic heterocycles. The van der Waals surface area contributed by atoms with Crippen LogP contribution in [0, 0.1) is 0 Å². The van der Waals surface area contributed by atoms with Gasteiger partial charge in [-0.25, -0.2) is 4.68 Å². The average molecular weight is 283 g/mol. The van der Waals surface area contributed by atoms with E-state index in [1.54, 1.807) is 11.3 Å². The molecule has 0 fully saturated rings. The summed E-state index contributed by atoms with van der Waals surface area (Å²) < 4.78 is 1.91. The van der Waals surface area contributed by atoms with Crippen LogP contribution in [0.15, 0.2) is 59.6 Å². The smallest absolute Gasteiger partial charge is 0.0645 e. The van der Waals surface area contributed by atoms with Gasteiger partial charge in [0, 0.05) is 24.3 Å². The molecule has 0 saturated carbocycles. The molecule has 4 heteroatoms. The van der Waals surface area contributed by atoms with Crippen molar-refractivity contribution in [2.24, 2.45) is 0 Å². The standard InChI is InChI=1S/C16H17N3S/c1-13(17-9-14-7-8-20-12-14)15-10-18-19(11-15)16-5-3-2-4-6-16/h2-8,10-13,17H,9H2,1H3. The van der Waals surface area contributed by atoms with E-state index in [9.17, 15) is 0 Å². The number of hydrogen-bond acceptors (Lipinski definition) is 3. The Labute approximate surface area is 122 Å². The highest BCUT2D eigenvalue weighted by molar-refractivity contribution is 7.07. The Hall–Kier alpha value is -1.91. The molecular weight excluding hydrogens is 266 g/mol. The van der Waals surface area contributed by atoms with Gasteiger partial charge in [0.1, 0.15) is 0 Å². The molecule has 0 amide bonds. The lowest BCUT2D eigenvalue weighted by molar-refractivity contribution is 0.575. The summed E-state index contributed by atoms with van der Waals surface area (Å²) >= 11 is 1.73. The molecule has 3 nitrogen and oxygen atoms in total. The van der Waals surface area contributed by atoms with Crippen LogP contribution in [0.3, 0.4) is 0 Å². The number of thiophene rings is 1. The SMILES string of the molecule is CC(NCc1ccsc1)c1cnn(-c2ccccc2)c1. The maximum atomic E-state index is 4.43. The van der Waals surface area contributed by atoms with Gasteiger partial charge in [-0.2, -0.15) is 16.4 Å². The molecule has 20 heavy (non-hydrogen) atoms. The molecule has 0 aliphatic rings. The van der Waals surface area contributed by atoms with Crippen molar-refractivity contribution in [2.45, 2.75) is 19.5 Å². The van der Waals surface area contributed by atoms with Gasteiger partial charge in [-0.1, -0.05) is 18.2 Å². The number of nitrogens with zero attached hydrogens (tertiary/aromatic N) is 2. The summed E-state index contributed by atoms with van der Waals surface area (Å²) in [6.07, 6.45) is 4.01. The Morgan fingerprint density at radius 1 is 1.25 bits per heavy atom. The van der Waals surface area contributed by atoms with E-state index in [2.05, 4.69) is 52.5 Å². The van der Waals surface area contributed by atoms with Crippen molar-refractivity contribution in [3.63, 3.8) is 0 Å². The number of rotatable bonds is 5. The Kier molecular flexibility index (Phi) is 3.95. The van der Waals surface area contributed by atoms with E-state index in [0.29, 0.717) is 0 Å². The largest absolute Gasteiger partial charge is 0.306 e. The van der Waals surface area contributed by atoms with Crippen molar-refractivity contribution in [1.82, 2.24) is 15.1 Å². The van der Waals surface area contributed by atoms with Crippen LogP contribution >= 0.6 is 11.3 Å². The summed E-state index contributed by atoms with van der Waals surface area (Å²) in [7, 11) is 0. The molecule has 0 saturated heterocycles. The molecule has 0 spiro atoms. The van der Waals surface area contributed by atoms with Crippen LogP contribution in [0.4, 0.5) is 0 Å². The summed E-state index contributed by atoms with van der Waals surface area (Å²) in [5.74, 6) is 0. The molecule has 102 valence electrons. The first-order valence-corrected chi connectivity index (χ1v) is 7.61. The summed E-state index contributed by atoms with van der Waals surface area (Å²) in [5.41, 5.74) is 3.62. The summed E-state index contributed by atoms with van der Waals surface area (Å²) in [6, 6.07) is 12.6. The third-order valence-electron chi connectivity index (χ3n) is 3.32. The topological polar surface area (TPSA) is 29.9 Å². The molecule has 3 aromatic rings. The lowest BCUT2D eigenvalue weighted by Crippen LogP contribution is -2.17. The second-order valence-electron chi connectivity index (χ2n) is 4.79. The van der Waals surface area contributed by atoms with Gasteiger partial charge in [0.05, 0.1) is 11.9 Å². The van der Waals surface area contributed by atoms with Gasteiger partial charge in [0.25, 0.3) is 0 Å². The molecule has 0 radical (unpaired) electrons. The first-order chi connectivity index (χ1) is 9.83. The van der Waals surface area contributed by atoms with Crippen molar-refractivity contribution in [2.75, 3.05) is 0 Å². The molecule has 1 aromatic carbocycles. The predicted octanol–water partition coefficient (Wildman–Crippen LogP) is 3.78. The molecule has 0 aliphatic heterocycles. The van der Waals surface area contributed by atoms with E-state index < -0.39 is 0 Å². The number of para-hydroxylation sites is 1. The maximum absolute atomic E-state index is 4.43. The van der Waals surface area contributed by atoms with Crippen LogP contribution in [-0.2, 0) is 6.54 Å². The third-order valence-corrected chi connectivity index (χ3v) is 4.05. The van der Waals surface area contributed by atoms with E-state index in [0.717, 1.165) is 12.2 Å². The minimum Gasteiger partial charge on any atom is -0.306 e. The number of benzene rings is 1. The quantitative estimate of drug-likeness (QED) is 0.772. The predicted molar refractivity (Wildman–Crippen MR) is 83.1 cm³/mol. The van der Waals surface area contributed by atoms with E-state index in [-0.39, 0.29) is 6.04 Å². The van der Waals surface area contributed by atoms with E-state index >= 15 is 0 Å². The van der Waals surface area contributed by atoms with E-state index in [1.165, 1.54) is 11.1 Å². The maximum Gasteiger partial charge on any atom is 0.0645 e. The van der Waals surface area contributed by atoms with Gasteiger partial charge in [-0.15, -0.1) is 0 Å². The highest BCUT2D eigenvalue weighted by Crippen LogP contribution is 2.15. The summed E-state index contributed by atoms with van der Waals surface area (Å²) in [5, 5.41) is 12.2. The molecule has 1 atom stereocenters. The van der Waals surface area contributed by atoms with Gasteiger partial charge in [-0.05, 0) is 41.4 Å². The van der Waals surface area contributed by atoms with Crippen LogP contribution < -0.4 is 5.32 Å². The van der Waals surface area contributed by atoms with Crippen molar-refractivity contribution in [1.29, 1.82) is 0 Å². The second-order valence-corrected chi connectivity index (χ2v) is 5.57. The summed E-state index contributed by atoms with van der Waals surface area (Å²) in [4.78, 5) is 0.